The van der Waals surface area contributed by atoms with Crippen molar-refractivity contribution >= 4 is 10.8 Å². The zero-order valence-corrected chi connectivity index (χ0v) is 13.9. The van der Waals surface area contributed by atoms with Gasteiger partial charge >= 0.3 is 0 Å². The normalized spacial score (nSPS) is 12.7. The predicted octanol–water partition coefficient (Wildman–Crippen LogP) is 2.83. The molecule has 0 bridgehead atoms. The minimum absolute atomic E-state index is 0.204. The van der Waals surface area contributed by atoms with Crippen LogP contribution in [0, 0.1) is 0 Å². The van der Waals surface area contributed by atoms with Crippen LogP contribution in [0.3, 0.4) is 0 Å². The van der Waals surface area contributed by atoms with Crippen molar-refractivity contribution in [2.75, 3.05) is 0 Å². The molecule has 0 amide bonds. The lowest BCUT2D eigenvalue weighted by atomic mass is 10.2. The van der Waals surface area contributed by atoms with Crippen molar-refractivity contribution in [3.05, 3.63) is 60.0 Å². The lowest BCUT2D eigenvalue weighted by Gasteiger charge is -2.04. The van der Waals surface area contributed by atoms with Crippen LogP contribution in [0.4, 0.5) is 0 Å². The Morgan fingerprint density at radius 1 is 1.22 bits per heavy atom. The van der Waals surface area contributed by atoms with Crippen LogP contribution in [0.25, 0.3) is 5.69 Å². The van der Waals surface area contributed by atoms with Gasteiger partial charge in [0.15, 0.2) is 5.82 Å². The fourth-order valence-corrected chi connectivity index (χ4v) is 3.16. The highest BCUT2D eigenvalue weighted by Gasteiger charge is 2.12. The molecular formula is C16H18N4O2S. The lowest BCUT2D eigenvalue weighted by Crippen LogP contribution is -2.01. The van der Waals surface area contributed by atoms with Crippen molar-refractivity contribution < 1.29 is 8.73 Å². The van der Waals surface area contributed by atoms with E-state index in [1.54, 1.807) is 10.9 Å². The molecule has 23 heavy (non-hydrogen) atoms. The van der Waals surface area contributed by atoms with Crippen LogP contribution in [-0.4, -0.2) is 24.1 Å². The zero-order chi connectivity index (χ0) is 16.2. The Balaban J connectivity index is 1.61. The van der Waals surface area contributed by atoms with E-state index in [0.29, 0.717) is 17.5 Å². The molecule has 6 nitrogen and oxygen atoms in total. The van der Waals surface area contributed by atoms with Crippen molar-refractivity contribution in [1.29, 1.82) is 0 Å². The summed E-state index contributed by atoms with van der Waals surface area (Å²) < 4.78 is 19.2. The quantitative estimate of drug-likeness (QED) is 0.695. The first-order valence-corrected chi connectivity index (χ1v) is 8.87. The van der Waals surface area contributed by atoms with Gasteiger partial charge in [0.05, 0.1) is 5.69 Å². The molecule has 1 atom stereocenters. The van der Waals surface area contributed by atoms with Gasteiger partial charge in [0.2, 0.25) is 5.89 Å². The van der Waals surface area contributed by atoms with Gasteiger partial charge in [-0.3, -0.25) is 4.21 Å². The Hall–Kier alpha value is -2.28. The van der Waals surface area contributed by atoms with Crippen molar-refractivity contribution in [2.24, 2.45) is 0 Å². The van der Waals surface area contributed by atoms with Gasteiger partial charge in [-0.05, 0) is 23.8 Å². The largest absolute Gasteiger partial charge is 0.338 e. The second-order valence-electron chi connectivity index (χ2n) is 5.55. The minimum Gasteiger partial charge on any atom is -0.338 e. The first kappa shape index (κ1) is 15.6. The Bertz CT molecular complexity index is 779. The summed E-state index contributed by atoms with van der Waals surface area (Å²) in [5.41, 5.74) is 1.98. The zero-order valence-electron chi connectivity index (χ0n) is 13.0. The van der Waals surface area contributed by atoms with E-state index in [9.17, 15) is 4.21 Å². The third-order valence-corrected chi connectivity index (χ3v) is 4.54. The number of aromatic nitrogens is 4. The van der Waals surface area contributed by atoms with Crippen molar-refractivity contribution in [2.45, 2.75) is 31.3 Å². The van der Waals surface area contributed by atoms with Crippen LogP contribution in [-0.2, 0) is 22.3 Å². The number of benzene rings is 1. The van der Waals surface area contributed by atoms with Gasteiger partial charge in [0.1, 0.15) is 5.75 Å². The molecular weight excluding hydrogens is 312 g/mol. The molecule has 7 heteroatoms. The molecule has 0 saturated carbocycles. The van der Waals surface area contributed by atoms with E-state index in [1.165, 1.54) is 0 Å². The van der Waals surface area contributed by atoms with Crippen LogP contribution >= 0.6 is 0 Å². The summed E-state index contributed by atoms with van der Waals surface area (Å²) >= 11 is 0. The van der Waals surface area contributed by atoms with Crippen LogP contribution in [0.15, 0.2) is 47.2 Å². The Kier molecular flexibility index (Phi) is 4.66. The molecule has 0 spiro atoms. The average molecular weight is 330 g/mol. The van der Waals surface area contributed by atoms with Crippen LogP contribution in [0.1, 0.15) is 37.0 Å². The SMILES string of the molecule is CC(C)c1noc(C[S@](=O)Cc2ccc(-n3cccn3)cc2)n1. The van der Waals surface area contributed by atoms with Gasteiger partial charge < -0.3 is 4.52 Å². The molecule has 0 aliphatic heterocycles. The molecule has 0 aliphatic carbocycles. The van der Waals surface area contributed by atoms with E-state index in [0.717, 1.165) is 11.3 Å². The Labute approximate surface area is 137 Å². The number of hydrogen-bond acceptors (Lipinski definition) is 5. The third kappa shape index (κ3) is 3.92. The minimum atomic E-state index is -1.08. The molecule has 0 radical (unpaired) electrons. The monoisotopic (exact) mass is 330 g/mol. The fourth-order valence-electron chi connectivity index (χ4n) is 2.10. The molecule has 2 aromatic heterocycles. The molecule has 120 valence electrons. The summed E-state index contributed by atoms with van der Waals surface area (Å²) in [6, 6.07) is 9.72. The van der Waals surface area contributed by atoms with Gasteiger partial charge in [-0.25, -0.2) is 4.68 Å². The van der Waals surface area contributed by atoms with E-state index in [2.05, 4.69) is 15.2 Å². The first-order chi connectivity index (χ1) is 11.1. The van der Waals surface area contributed by atoms with E-state index in [4.69, 9.17) is 4.52 Å². The molecule has 0 unspecified atom stereocenters. The smallest absolute Gasteiger partial charge is 0.239 e. The first-order valence-electron chi connectivity index (χ1n) is 7.38. The van der Waals surface area contributed by atoms with Gasteiger partial charge in [-0.1, -0.05) is 31.1 Å². The maximum Gasteiger partial charge on any atom is 0.239 e. The van der Waals surface area contributed by atoms with Crippen molar-refractivity contribution in [1.82, 2.24) is 19.9 Å². The Morgan fingerprint density at radius 2 is 2.00 bits per heavy atom. The van der Waals surface area contributed by atoms with E-state index >= 15 is 0 Å². The third-order valence-electron chi connectivity index (χ3n) is 3.32. The van der Waals surface area contributed by atoms with Crippen LogP contribution < -0.4 is 0 Å². The standard InChI is InChI=1S/C16H18N4O2S/c1-12(2)16-18-15(22-19-16)11-23(21)10-13-4-6-14(7-5-13)20-9-3-8-17-20/h3-9,12H,10-11H2,1-2H3/t23-/m1/s1. The molecule has 2 heterocycles. The summed E-state index contributed by atoms with van der Waals surface area (Å²) in [6.07, 6.45) is 3.62. The van der Waals surface area contributed by atoms with Crippen molar-refractivity contribution in [3.63, 3.8) is 0 Å². The van der Waals surface area contributed by atoms with E-state index in [1.807, 2.05) is 50.4 Å². The summed E-state index contributed by atoms with van der Waals surface area (Å²) in [6.45, 7) is 3.99. The van der Waals surface area contributed by atoms with Crippen molar-refractivity contribution in [3.8, 4) is 5.69 Å². The molecule has 3 rings (SSSR count). The summed E-state index contributed by atoms with van der Waals surface area (Å²) in [7, 11) is -1.08. The number of hydrogen-bond donors (Lipinski definition) is 0. The van der Waals surface area contributed by atoms with E-state index < -0.39 is 10.8 Å². The maximum atomic E-state index is 12.2. The highest BCUT2D eigenvalue weighted by molar-refractivity contribution is 7.83. The second-order valence-corrected chi connectivity index (χ2v) is 7.00. The molecule has 0 fully saturated rings. The maximum absolute atomic E-state index is 12.2. The average Bonchev–Trinajstić information content (AvgIpc) is 3.19. The highest BCUT2D eigenvalue weighted by Crippen LogP contribution is 2.14. The summed E-state index contributed by atoms with van der Waals surface area (Å²) in [4.78, 5) is 4.26. The predicted molar refractivity (Wildman–Crippen MR) is 87.5 cm³/mol. The summed E-state index contributed by atoms with van der Waals surface area (Å²) in [5.74, 6) is 2.02. The highest BCUT2D eigenvalue weighted by atomic mass is 32.2. The van der Waals surface area contributed by atoms with Gasteiger partial charge in [-0.15, -0.1) is 0 Å². The van der Waals surface area contributed by atoms with Crippen LogP contribution in [0.2, 0.25) is 0 Å². The molecule has 0 aliphatic rings. The Morgan fingerprint density at radius 3 is 2.61 bits per heavy atom. The van der Waals surface area contributed by atoms with Gasteiger partial charge in [0, 0.05) is 34.9 Å². The molecule has 1 aromatic carbocycles. The van der Waals surface area contributed by atoms with E-state index in [-0.39, 0.29) is 11.7 Å². The number of rotatable bonds is 6. The molecule has 0 N–H and O–H groups in total. The molecule has 0 saturated heterocycles. The second kappa shape index (κ2) is 6.87. The molecule has 3 aromatic rings. The van der Waals surface area contributed by atoms with Gasteiger partial charge in [0.25, 0.3) is 0 Å². The number of nitrogens with zero attached hydrogens (tertiary/aromatic N) is 4. The lowest BCUT2D eigenvalue weighted by molar-refractivity contribution is 0.382. The summed E-state index contributed by atoms with van der Waals surface area (Å²) in [5, 5.41) is 8.06. The van der Waals surface area contributed by atoms with Gasteiger partial charge in [-0.2, -0.15) is 10.1 Å². The topological polar surface area (TPSA) is 73.8 Å². The van der Waals surface area contributed by atoms with Crippen LogP contribution in [0.5, 0.6) is 0 Å². The fraction of sp³-hybridized carbons (Fsp3) is 0.312.